The molecule has 0 bridgehead atoms. The van der Waals surface area contributed by atoms with Gasteiger partial charge in [0, 0.05) is 22.5 Å². The molecule has 0 saturated carbocycles. The summed E-state index contributed by atoms with van der Waals surface area (Å²) in [6.45, 7) is 0.138. The first-order chi connectivity index (χ1) is 11.6. The summed E-state index contributed by atoms with van der Waals surface area (Å²) in [6.07, 6.45) is 0.249. The highest BCUT2D eigenvalue weighted by molar-refractivity contribution is 9.10. The van der Waals surface area contributed by atoms with Crippen LogP contribution in [0.2, 0.25) is 0 Å². The van der Waals surface area contributed by atoms with Crippen molar-refractivity contribution < 1.29 is 14.3 Å². The van der Waals surface area contributed by atoms with Gasteiger partial charge in [0.1, 0.15) is 6.61 Å². The van der Waals surface area contributed by atoms with Crippen molar-refractivity contribution in [3.8, 4) is 0 Å². The Kier molecular flexibility index (Phi) is 3.73. The summed E-state index contributed by atoms with van der Waals surface area (Å²) >= 11 is 3.45. The zero-order chi connectivity index (χ0) is 16.7. The predicted molar refractivity (Wildman–Crippen MR) is 93.4 cm³/mol. The fourth-order valence-electron chi connectivity index (χ4n) is 3.34. The minimum absolute atomic E-state index is 0.0248. The average Bonchev–Trinajstić information content (AvgIpc) is 2.96. The molecule has 5 heteroatoms. The smallest absolute Gasteiger partial charge is 0.336 e. The van der Waals surface area contributed by atoms with E-state index < -0.39 is 0 Å². The number of anilines is 1. The largest absolute Gasteiger partial charge is 0.456 e. The lowest BCUT2D eigenvalue weighted by Crippen LogP contribution is -2.37. The monoisotopic (exact) mass is 383 g/mol. The Morgan fingerprint density at radius 3 is 2.58 bits per heavy atom. The molecule has 120 valence electrons. The van der Waals surface area contributed by atoms with Crippen molar-refractivity contribution in [3.05, 3.63) is 75.9 Å². The summed E-state index contributed by atoms with van der Waals surface area (Å²) in [4.78, 5) is 26.8. The molecule has 2 aliphatic heterocycles. The maximum atomic E-state index is 12.8. The third-order valence-electron chi connectivity index (χ3n) is 4.38. The Hall–Kier alpha value is -2.40. The molecule has 1 unspecified atom stereocenters. The number of carbonyl (C=O) groups excluding carboxylic acids is 2. The molecule has 24 heavy (non-hydrogen) atoms. The van der Waals surface area contributed by atoms with E-state index in [1.807, 2.05) is 54.6 Å². The highest BCUT2D eigenvalue weighted by Gasteiger charge is 2.42. The van der Waals surface area contributed by atoms with E-state index in [4.69, 9.17) is 4.74 Å². The van der Waals surface area contributed by atoms with E-state index in [2.05, 4.69) is 15.9 Å². The molecule has 2 aromatic carbocycles. The van der Waals surface area contributed by atoms with Gasteiger partial charge >= 0.3 is 5.97 Å². The summed E-state index contributed by atoms with van der Waals surface area (Å²) < 4.78 is 6.19. The number of amides is 1. The van der Waals surface area contributed by atoms with E-state index >= 15 is 0 Å². The number of para-hydroxylation sites is 1. The molecule has 0 radical (unpaired) electrons. The van der Waals surface area contributed by atoms with Gasteiger partial charge < -0.3 is 4.74 Å². The van der Waals surface area contributed by atoms with E-state index in [-0.39, 0.29) is 30.8 Å². The number of hydrogen-bond acceptors (Lipinski definition) is 3. The topological polar surface area (TPSA) is 46.6 Å². The Labute approximate surface area is 147 Å². The highest BCUT2D eigenvalue weighted by atomic mass is 79.9. The van der Waals surface area contributed by atoms with Crippen molar-refractivity contribution in [2.45, 2.75) is 12.3 Å². The quantitative estimate of drug-likeness (QED) is 0.741. The van der Waals surface area contributed by atoms with Gasteiger partial charge in [-0.2, -0.15) is 0 Å². The first-order valence-corrected chi connectivity index (χ1v) is 8.48. The number of rotatable bonds is 2. The molecular formula is C19H14BrNO3. The fourth-order valence-corrected chi connectivity index (χ4v) is 3.76. The second-order valence-corrected chi connectivity index (χ2v) is 6.73. The SMILES string of the molecule is O=C1OCC2=C1C(c1cccc(Br)c1)CC(=O)N2c1ccccc1. The van der Waals surface area contributed by atoms with Crippen LogP contribution in [0.5, 0.6) is 0 Å². The standard InChI is InChI=1S/C19H14BrNO3/c20-13-6-4-5-12(9-13)15-10-17(22)21(14-7-2-1-3-8-14)16-11-24-19(23)18(15)16/h1-9,15H,10-11H2. The first-order valence-electron chi connectivity index (χ1n) is 7.69. The zero-order valence-corrected chi connectivity index (χ0v) is 14.3. The molecule has 2 heterocycles. The van der Waals surface area contributed by atoms with Crippen LogP contribution in [0.3, 0.4) is 0 Å². The summed E-state index contributed by atoms with van der Waals surface area (Å²) in [5.74, 6) is -0.619. The van der Waals surface area contributed by atoms with Crippen LogP contribution in [0.25, 0.3) is 0 Å². The average molecular weight is 384 g/mol. The van der Waals surface area contributed by atoms with Crippen molar-refractivity contribution in [1.29, 1.82) is 0 Å². The predicted octanol–water partition coefficient (Wildman–Crippen LogP) is 3.78. The highest BCUT2D eigenvalue weighted by Crippen LogP contribution is 2.42. The van der Waals surface area contributed by atoms with E-state index in [9.17, 15) is 9.59 Å². The van der Waals surface area contributed by atoms with Crippen molar-refractivity contribution >= 4 is 33.5 Å². The molecule has 2 aromatic rings. The number of benzene rings is 2. The van der Waals surface area contributed by atoms with Gasteiger partial charge in [0.15, 0.2) is 0 Å². The summed E-state index contributed by atoms with van der Waals surface area (Å²) in [5.41, 5.74) is 2.96. The van der Waals surface area contributed by atoms with Crippen LogP contribution < -0.4 is 4.90 Å². The number of ether oxygens (including phenoxy) is 1. The van der Waals surface area contributed by atoms with Gasteiger partial charge in [-0.3, -0.25) is 9.69 Å². The van der Waals surface area contributed by atoms with Gasteiger partial charge in [-0.15, -0.1) is 0 Å². The van der Waals surface area contributed by atoms with Gasteiger partial charge in [-0.1, -0.05) is 46.3 Å². The van der Waals surface area contributed by atoms with Crippen LogP contribution in [0.1, 0.15) is 17.9 Å². The van der Waals surface area contributed by atoms with Crippen LogP contribution in [-0.2, 0) is 14.3 Å². The minimum atomic E-state index is -0.330. The molecule has 0 N–H and O–H groups in total. The van der Waals surface area contributed by atoms with Gasteiger partial charge in [-0.25, -0.2) is 4.79 Å². The third-order valence-corrected chi connectivity index (χ3v) is 4.88. The lowest BCUT2D eigenvalue weighted by atomic mass is 9.84. The summed E-state index contributed by atoms with van der Waals surface area (Å²) in [7, 11) is 0. The lowest BCUT2D eigenvalue weighted by Gasteiger charge is -2.31. The molecule has 4 nitrogen and oxygen atoms in total. The van der Waals surface area contributed by atoms with E-state index in [1.165, 1.54) is 0 Å². The fraction of sp³-hybridized carbons (Fsp3) is 0.158. The van der Waals surface area contributed by atoms with Crippen molar-refractivity contribution in [2.24, 2.45) is 0 Å². The molecule has 1 amide bonds. The normalized spacial score (nSPS) is 20.2. The minimum Gasteiger partial charge on any atom is -0.456 e. The number of hydrogen-bond donors (Lipinski definition) is 0. The molecule has 2 aliphatic rings. The zero-order valence-electron chi connectivity index (χ0n) is 12.7. The number of esters is 1. The van der Waals surface area contributed by atoms with Gasteiger partial charge in [0.25, 0.3) is 0 Å². The van der Waals surface area contributed by atoms with E-state index in [1.54, 1.807) is 4.90 Å². The van der Waals surface area contributed by atoms with Gasteiger partial charge in [0.2, 0.25) is 5.91 Å². The van der Waals surface area contributed by atoms with Crippen molar-refractivity contribution in [2.75, 3.05) is 11.5 Å². The molecule has 1 atom stereocenters. The van der Waals surface area contributed by atoms with E-state index in [0.717, 1.165) is 15.7 Å². The van der Waals surface area contributed by atoms with Crippen LogP contribution in [0, 0.1) is 0 Å². The molecule has 0 aliphatic carbocycles. The number of nitrogens with zero attached hydrogens (tertiary/aromatic N) is 1. The first kappa shape index (κ1) is 15.1. The van der Waals surface area contributed by atoms with Crippen LogP contribution in [0.15, 0.2) is 70.3 Å². The Morgan fingerprint density at radius 2 is 1.83 bits per heavy atom. The molecule has 0 saturated heterocycles. The van der Waals surface area contributed by atoms with Crippen LogP contribution >= 0.6 is 15.9 Å². The maximum absolute atomic E-state index is 12.8. The Balaban J connectivity index is 1.84. The number of carbonyl (C=O) groups is 2. The Morgan fingerprint density at radius 1 is 1.04 bits per heavy atom. The van der Waals surface area contributed by atoms with E-state index in [0.29, 0.717) is 11.3 Å². The molecular weight excluding hydrogens is 370 g/mol. The third kappa shape index (κ3) is 2.45. The van der Waals surface area contributed by atoms with Crippen LogP contribution in [-0.4, -0.2) is 18.5 Å². The van der Waals surface area contributed by atoms with Crippen molar-refractivity contribution in [3.63, 3.8) is 0 Å². The summed E-state index contributed by atoms with van der Waals surface area (Å²) in [6, 6.07) is 17.1. The molecule has 0 aromatic heterocycles. The number of cyclic esters (lactones) is 1. The van der Waals surface area contributed by atoms with Crippen LogP contribution in [0.4, 0.5) is 5.69 Å². The maximum Gasteiger partial charge on any atom is 0.336 e. The van der Waals surface area contributed by atoms with Gasteiger partial charge in [0.05, 0.1) is 11.3 Å². The second kappa shape index (κ2) is 5.91. The van der Waals surface area contributed by atoms with Crippen molar-refractivity contribution in [1.82, 2.24) is 0 Å². The molecule has 4 rings (SSSR count). The number of halogens is 1. The lowest BCUT2D eigenvalue weighted by molar-refractivity contribution is -0.136. The molecule has 0 fully saturated rings. The second-order valence-electron chi connectivity index (χ2n) is 5.81. The Bertz CT molecular complexity index is 860. The van der Waals surface area contributed by atoms with Gasteiger partial charge in [-0.05, 0) is 29.8 Å². The molecule has 0 spiro atoms. The summed E-state index contributed by atoms with van der Waals surface area (Å²) in [5, 5.41) is 0.